The van der Waals surface area contributed by atoms with Gasteiger partial charge in [-0.05, 0) is 36.1 Å². The van der Waals surface area contributed by atoms with E-state index in [-0.39, 0.29) is 12.0 Å². The first-order valence-electron chi connectivity index (χ1n) is 10.1. The third-order valence-corrected chi connectivity index (χ3v) is 5.76. The summed E-state index contributed by atoms with van der Waals surface area (Å²) in [5.74, 6) is 0.196. The average Bonchev–Trinajstić information content (AvgIpc) is 2.77. The van der Waals surface area contributed by atoms with Crippen LogP contribution in [0, 0.1) is 0 Å². The zero-order valence-electron chi connectivity index (χ0n) is 16.6. The molecule has 1 fully saturated rings. The molecule has 0 aliphatic carbocycles. The highest BCUT2D eigenvalue weighted by Crippen LogP contribution is 2.31. The molecule has 6 heteroatoms. The van der Waals surface area contributed by atoms with Gasteiger partial charge in [-0.25, -0.2) is 4.98 Å². The molecule has 0 spiro atoms. The summed E-state index contributed by atoms with van der Waals surface area (Å²) in [5.41, 5.74) is 3.27. The quantitative estimate of drug-likeness (QED) is 0.631. The first kappa shape index (κ1) is 20.5. The van der Waals surface area contributed by atoms with Crippen LogP contribution >= 0.6 is 11.6 Å². The van der Waals surface area contributed by atoms with Crippen molar-refractivity contribution in [1.82, 2.24) is 9.88 Å². The van der Waals surface area contributed by atoms with Gasteiger partial charge in [-0.15, -0.1) is 0 Å². The van der Waals surface area contributed by atoms with Crippen molar-refractivity contribution in [3.05, 3.63) is 83.0 Å². The lowest BCUT2D eigenvalue weighted by molar-refractivity contribution is 0.0792. The molecule has 0 saturated carbocycles. The molecule has 2 N–H and O–H groups in total. The maximum atomic E-state index is 12.8. The van der Waals surface area contributed by atoms with Crippen LogP contribution in [-0.2, 0) is 6.54 Å². The van der Waals surface area contributed by atoms with E-state index in [0.717, 1.165) is 49.2 Å². The molecule has 1 amide bonds. The number of carbonyl (C=O) groups is 1. The monoisotopic (exact) mass is 421 g/mol. The van der Waals surface area contributed by atoms with Crippen molar-refractivity contribution >= 4 is 23.3 Å². The van der Waals surface area contributed by atoms with Gasteiger partial charge in [0.25, 0.3) is 5.91 Å². The third-order valence-electron chi connectivity index (χ3n) is 5.36. The van der Waals surface area contributed by atoms with Gasteiger partial charge in [0.1, 0.15) is 5.82 Å². The third kappa shape index (κ3) is 4.87. The molecule has 0 atom stereocenters. The summed E-state index contributed by atoms with van der Waals surface area (Å²) in [5, 5.41) is 12.9. The molecule has 1 aliphatic rings. The van der Waals surface area contributed by atoms with Crippen molar-refractivity contribution in [2.75, 3.05) is 18.4 Å². The van der Waals surface area contributed by atoms with Crippen LogP contribution in [0.15, 0.2) is 66.9 Å². The summed E-state index contributed by atoms with van der Waals surface area (Å²) in [6.07, 6.45) is 3.22. The number of carbonyl (C=O) groups excluding carboxylic acids is 1. The number of likely N-dealkylation sites (tertiary alicyclic amines) is 1. The maximum Gasteiger partial charge on any atom is 0.258 e. The predicted octanol–water partition coefficient (Wildman–Crippen LogP) is 4.61. The Morgan fingerprint density at radius 2 is 1.83 bits per heavy atom. The predicted molar refractivity (Wildman–Crippen MR) is 120 cm³/mol. The van der Waals surface area contributed by atoms with E-state index >= 15 is 0 Å². The molecule has 30 heavy (non-hydrogen) atoms. The Labute approximate surface area is 181 Å². The SMILES string of the molecule is O=C(Nc1ccc(CN2CCC(O)CC2)cn1)c1cccc(-c2ccccc2)c1Cl. The molecular weight excluding hydrogens is 398 g/mol. The number of nitrogens with one attached hydrogen (secondary N) is 1. The lowest BCUT2D eigenvalue weighted by atomic mass is 10.0. The number of benzene rings is 2. The molecule has 1 aliphatic heterocycles. The summed E-state index contributed by atoms with van der Waals surface area (Å²) < 4.78 is 0. The van der Waals surface area contributed by atoms with Gasteiger partial charge in [-0.1, -0.05) is 60.1 Å². The van der Waals surface area contributed by atoms with Crippen LogP contribution in [0.25, 0.3) is 11.1 Å². The van der Waals surface area contributed by atoms with Gasteiger partial charge in [-0.3, -0.25) is 9.69 Å². The first-order valence-corrected chi connectivity index (χ1v) is 10.5. The smallest absolute Gasteiger partial charge is 0.258 e. The number of halogens is 1. The van der Waals surface area contributed by atoms with Crippen LogP contribution < -0.4 is 5.32 Å². The molecule has 1 aromatic heterocycles. The van der Waals surface area contributed by atoms with Crippen LogP contribution in [-0.4, -0.2) is 40.1 Å². The van der Waals surface area contributed by atoms with Gasteiger partial charge in [0.2, 0.25) is 0 Å². The minimum absolute atomic E-state index is 0.177. The second-order valence-corrected chi connectivity index (χ2v) is 7.92. The molecule has 4 rings (SSSR count). The highest BCUT2D eigenvalue weighted by atomic mass is 35.5. The molecular formula is C24H24ClN3O2. The van der Waals surface area contributed by atoms with Crippen molar-refractivity contribution in [2.45, 2.75) is 25.5 Å². The van der Waals surface area contributed by atoms with E-state index in [0.29, 0.717) is 16.4 Å². The number of pyridine rings is 1. The number of nitrogens with zero attached hydrogens (tertiary/aromatic N) is 2. The maximum absolute atomic E-state index is 12.8. The highest BCUT2D eigenvalue weighted by molar-refractivity contribution is 6.37. The molecule has 0 bridgehead atoms. The van der Waals surface area contributed by atoms with Gasteiger partial charge >= 0.3 is 0 Å². The normalized spacial score (nSPS) is 15.1. The van der Waals surface area contributed by atoms with E-state index in [1.54, 1.807) is 18.3 Å². The van der Waals surface area contributed by atoms with E-state index in [4.69, 9.17) is 11.6 Å². The van der Waals surface area contributed by atoms with E-state index in [9.17, 15) is 9.90 Å². The van der Waals surface area contributed by atoms with E-state index in [1.165, 1.54) is 0 Å². The topological polar surface area (TPSA) is 65.5 Å². The van der Waals surface area contributed by atoms with E-state index in [1.807, 2.05) is 48.5 Å². The molecule has 3 aromatic rings. The van der Waals surface area contributed by atoms with Crippen LogP contribution in [0.1, 0.15) is 28.8 Å². The fourth-order valence-electron chi connectivity index (χ4n) is 3.66. The lowest BCUT2D eigenvalue weighted by Crippen LogP contribution is -2.35. The Hall–Kier alpha value is -2.73. The largest absolute Gasteiger partial charge is 0.393 e. The number of hydrogen-bond donors (Lipinski definition) is 2. The lowest BCUT2D eigenvalue weighted by Gasteiger charge is -2.29. The highest BCUT2D eigenvalue weighted by Gasteiger charge is 2.18. The number of piperidine rings is 1. The Balaban J connectivity index is 1.43. The van der Waals surface area contributed by atoms with E-state index < -0.39 is 0 Å². The Morgan fingerprint density at radius 3 is 2.53 bits per heavy atom. The summed E-state index contributed by atoms with van der Waals surface area (Å²) in [7, 11) is 0. The molecule has 2 aromatic carbocycles. The Bertz CT molecular complexity index is 1000. The number of hydrogen-bond acceptors (Lipinski definition) is 4. The minimum atomic E-state index is -0.289. The average molecular weight is 422 g/mol. The van der Waals surface area contributed by atoms with Gasteiger partial charge < -0.3 is 10.4 Å². The molecule has 154 valence electrons. The van der Waals surface area contributed by atoms with Crippen molar-refractivity contribution in [3.63, 3.8) is 0 Å². The second kappa shape index (κ2) is 9.39. The summed E-state index contributed by atoms with van der Waals surface area (Å²) in [4.78, 5) is 19.5. The number of rotatable bonds is 5. The minimum Gasteiger partial charge on any atom is -0.393 e. The van der Waals surface area contributed by atoms with Crippen molar-refractivity contribution in [2.24, 2.45) is 0 Å². The zero-order chi connectivity index (χ0) is 20.9. The van der Waals surface area contributed by atoms with E-state index in [2.05, 4.69) is 15.2 Å². The fourth-order valence-corrected chi connectivity index (χ4v) is 3.98. The van der Waals surface area contributed by atoms with Crippen molar-refractivity contribution in [1.29, 1.82) is 0 Å². The van der Waals surface area contributed by atoms with Crippen LogP contribution in [0.3, 0.4) is 0 Å². The van der Waals surface area contributed by atoms with Crippen molar-refractivity contribution < 1.29 is 9.90 Å². The number of anilines is 1. The van der Waals surface area contributed by atoms with Gasteiger partial charge in [0.15, 0.2) is 0 Å². The summed E-state index contributed by atoms with van der Waals surface area (Å²) in [6, 6.07) is 19.0. The van der Waals surface area contributed by atoms with Crippen LogP contribution in [0.5, 0.6) is 0 Å². The number of aliphatic hydroxyl groups excluding tert-OH is 1. The van der Waals surface area contributed by atoms with Gasteiger partial charge in [-0.2, -0.15) is 0 Å². The van der Waals surface area contributed by atoms with Gasteiger partial charge in [0, 0.05) is 31.4 Å². The molecule has 1 saturated heterocycles. The number of aromatic nitrogens is 1. The Kier molecular flexibility index (Phi) is 6.43. The molecule has 2 heterocycles. The van der Waals surface area contributed by atoms with Crippen molar-refractivity contribution in [3.8, 4) is 11.1 Å². The zero-order valence-corrected chi connectivity index (χ0v) is 17.3. The number of aliphatic hydroxyl groups is 1. The number of amides is 1. The van der Waals surface area contributed by atoms with Crippen LogP contribution in [0.2, 0.25) is 5.02 Å². The fraction of sp³-hybridized carbons (Fsp3) is 0.250. The Morgan fingerprint density at radius 1 is 1.07 bits per heavy atom. The summed E-state index contributed by atoms with van der Waals surface area (Å²) >= 11 is 6.54. The molecule has 0 unspecified atom stereocenters. The van der Waals surface area contributed by atoms with Gasteiger partial charge in [0.05, 0.1) is 16.7 Å². The standard InChI is InChI=1S/C24H24ClN3O2/c25-23-20(18-5-2-1-3-6-18)7-4-8-21(23)24(30)27-22-10-9-17(15-26-22)16-28-13-11-19(29)12-14-28/h1-10,15,19,29H,11-14,16H2,(H,26,27,30). The second-order valence-electron chi connectivity index (χ2n) is 7.55. The first-order chi connectivity index (χ1) is 14.6. The molecule has 5 nitrogen and oxygen atoms in total. The summed E-state index contributed by atoms with van der Waals surface area (Å²) in [6.45, 7) is 2.56. The molecule has 0 radical (unpaired) electrons. The van der Waals surface area contributed by atoms with Crippen LogP contribution in [0.4, 0.5) is 5.82 Å².